The Morgan fingerprint density at radius 3 is 2.57 bits per heavy atom. The van der Waals surface area contributed by atoms with Gasteiger partial charge in [0.05, 0.1) is 28.7 Å². The van der Waals surface area contributed by atoms with Crippen molar-refractivity contribution in [2.24, 2.45) is 5.10 Å². The second-order valence-corrected chi connectivity index (χ2v) is 6.00. The highest BCUT2D eigenvalue weighted by Gasteiger charge is 2.19. The van der Waals surface area contributed by atoms with Crippen molar-refractivity contribution in [2.45, 2.75) is 13.8 Å². The third-order valence-corrected chi connectivity index (χ3v) is 4.19. The van der Waals surface area contributed by atoms with Gasteiger partial charge in [-0.25, -0.2) is 0 Å². The van der Waals surface area contributed by atoms with Gasteiger partial charge in [-0.05, 0) is 37.6 Å². The predicted octanol–water partition coefficient (Wildman–Crippen LogP) is 4.40. The largest absolute Gasteiger partial charge is 0.497 e. The summed E-state index contributed by atoms with van der Waals surface area (Å²) in [7, 11) is 1.57. The molecule has 0 radical (unpaired) electrons. The highest BCUT2D eigenvalue weighted by atomic mass is 16.6. The Balaban J connectivity index is 1.97. The van der Waals surface area contributed by atoms with Crippen molar-refractivity contribution in [3.8, 4) is 5.75 Å². The normalized spacial score (nSPS) is 11.5. The van der Waals surface area contributed by atoms with Crippen molar-refractivity contribution < 1.29 is 19.0 Å². The summed E-state index contributed by atoms with van der Waals surface area (Å²) in [6.07, 6.45) is 1.54. The SMILES string of the molecule is COc1cc(C)c2occ(/C(C)=N\Nc3ccc([N+](=O)[O-])cc3[N+](=O)[O-])c2c1. The van der Waals surface area contributed by atoms with Crippen molar-refractivity contribution in [3.05, 3.63) is 68.0 Å². The van der Waals surface area contributed by atoms with Gasteiger partial charge in [-0.3, -0.25) is 25.7 Å². The van der Waals surface area contributed by atoms with E-state index in [4.69, 9.17) is 9.15 Å². The number of ether oxygens (including phenoxy) is 1. The molecule has 3 aromatic rings. The number of non-ortho nitro benzene ring substituents is 1. The average Bonchev–Trinajstić information content (AvgIpc) is 3.10. The zero-order valence-corrected chi connectivity index (χ0v) is 15.3. The van der Waals surface area contributed by atoms with Gasteiger partial charge >= 0.3 is 5.69 Å². The number of rotatable bonds is 6. The maximum absolute atomic E-state index is 11.2. The Morgan fingerprint density at radius 2 is 1.93 bits per heavy atom. The zero-order chi connectivity index (χ0) is 20.4. The lowest BCUT2D eigenvalue weighted by molar-refractivity contribution is -0.393. The van der Waals surface area contributed by atoms with Crippen molar-refractivity contribution in [2.75, 3.05) is 12.5 Å². The van der Waals surface area contributed by atoms with Crippen LogP contribution >= 0.6 is 0 Å². The molecule has 0 aliphatic carbocycles. The summed E-state index contributed by atoms with van der Waals surface area (Å²) >= 11 is 0. The predicted molar refractivity (Wildman–Crippen MR) is 103 cm³/mol. The maximum Gasteiger partial charge on any atom is 0.301 e. The molecule has 0 aliphatic heterocycles. The van der Waals surface area contributed by atoms with Gasteiger partial charge in [-0.1, -0.05) is 0 Å². The third-order valence-electron chi connectivity index (χ3n) is 4.19. The third kappa shape index (κ3) is 3.47. The molecule has 0 amide bonds. The Hall–Kier alpha value is -3.95. The number of nitro benzene ring substituents is 2. The monoisotopic (exact) mass is 384 g/mol. The molecule has 0 bridgehead atoms. The topological polar surface area (TPSA) is 133 Å². The molecule has 1 heterocycles. The molecule has 1 aromatic heterocycles. The molecule has 0 unspecified atom stereocenters. The molecule has 2 aromatic carbocycles. The summed E-state index contributed by atoms with van der Waals surface area (Å²) in [5.74, 6) is 0.666. The first-order valence-corrected chi connectivity index (χ1v) is 8.11. The number of hydrogen-bond donors (Lipinski definition) is 1. The van der Waals surface area contributed by atoms with Gasteiger partial charge in [-0.2, -0.15) is 5.10 Å². The van der Waals surface area contributed by atoms with E-state index in [0.717, 1.165) is 17.0 Å². The standard InChI is InChI=1S/C18H16N4O6/c1-10-6-13(27-3)8-14-15(9-28-18(10)14)11(2)19-20-16-5-4-12(21(23)24)7-17(16)22(25)26/h4-9,20H,1-3H3/b19-11-. The molecule has 28 heavy (non-hydrogen) atoms. The first-order chi connectivity index (χ1) is 13.3. The van der Waals surface area contributed by atoms with Crippen LogP contribution in [0.4, 0.5) is 17.1 Å². The molecule has 0 aliphatic rings. The van der Waals surface area contributed by atoms with E-state index >= 15 is 0 Å². The number of nitro groups is 2. The van der Waals surface area contributed by atoms with Crippen LogP contribution in [-0.2, 0) is 0 Å². The lowest BCUT2D eigenvalue weighted by atomic mass is 10.1. The van der Waals surface area contributed by atoms with Gasteiger partial charge < -0.3 is 9.15 Å². The molecular formula is C18H16N4O6. The van der Waals surface area contributed by atoms with Crippen LogP contribution in [0.25, 0.3) is 11.0 Å². The Kier molecular flexibility index (Phi) is 4.94. The van der Waals surface area contributed by atoms with E-state index in [9.17, 15) is 20.2 Å². The van der Waals surface area contributed by atoms with E-state index in [0.29, 0.717) is 22.6 Å². The van der Waals surface area contributed by atoms with Gasteiger partial charge in [0.1, 0.15) is 23.3 Å². The van der Waals surface area contributed by atoms with E-state index in [1.165, 1.54) is 12.1 Å². The number of aryl methyl sites for hydroxylation is 1. The molecule has 0 spiro atoms. The molecule has 1 N–H and O–H groups in total. The number of anilines is 1. The zero-order valence-electron chi connectivity index (χ0n) is 15.3. The van der Waals surface area contributed by atoms with Crippen molar-refractivity contribution in [1.29, 1.82) is 0 Å². The van der Waals surface area contributed by atoms with Gasteiger partial charge in [0.15, 0.2) is 0 Å². The van der Waals surface area contributed by atoms with Crippen LogP contribution in [0.2, 0.25) is 0 Å². The summed E-state index contributed by atoms with van der Waals surface area (Å²) in [5, 5.41) is 27.0. The van der Waals surface area contributed by atoms with Gasteiger partial charge in [0.25, 0.3) is 5.69 Å². The van der Waals surface area contributed by atoms with E-state index in [2.05, 4.69) is 10.5 Å². The van der Waals surface area contributed by atoms with Crippen LogP contribution in [-0.4, -0.2) is 22.7 Å². The maximum atomic E-state index is 11.2. The average molecular weight is 384 g/mol. The number of hydrazone groups is 1. The fraction of sp³-hybridized carbons (Fsp3) is 0.167. The van der Waals surface area contributed by atoms with Crippen LogP contribution < -0.4 is 10.2 Å². The summed E-state index contributed by atoms with van der Waals surface area (Å²) < 4.78 is 10.9. The second kappa shape index (κ2) is 7.35. The first-order valence-electron chi connectivity index (χ1n) is 8.11. The number of benzene rings is 2. The second-order valence-electron chi connectivity index (χ2n) is 6.00. The quantitative estimate of drug-likeness (QED) is 0.378. The Morgan fingerprint density at radius 1 is 1.18 bits per heavy atom. The van der Waals surface area contributed by atoms with E-state index < -0.39 is 15.5 Å². The lowest BCUT2D eigenvalue weighted by Crippen LogP contribution is -2.02. The number of nitrogens with one attached hydrogen (secondary N) is 1. The number of nitrogens with zero attached hydrogens (tertiary/aromatic N) is 3. The molecule has 10 nitrogen and oxygen atoms in total. The molecule has 0 fully saturated rings. The summed E-state index contributed by atoms with van der Waals surface area (Å²) in [6, 6.07) is 6.96. The van der Waals surface area contributed by atoms with E-state index in [1.54, 1.807) is 20.3 Å². The minimum absolute atomic E-state index is 0.0384. The lowest BCUT2D eigenvalue weighted by Gasteiger charge is -2.05. The number of fused-ring (bicyclic) bond motifs is 1. The summed E-state index contributed by atoms with van der Waals surface area (Å²) in [6.45, 7) is 3.60. The number of hydrogen-bond acceptors (Lipinski definition) is 8. The smallest absolute Gasteiger partial charge is 0.301 e. The summed E-state index contributed by atoms with van der Waals surface area (Å²) in [5.41, 5.74) is 4.61. The van der Waals surface area contributed by atoms with Crippen LogP contribution in [0.5, 0.6) is 5.75 Å². The van der Waals surface area contributed by atoms with E-state index in [1.807, 2.05) is 19.1 Å². The van der Waals surface area contributed by atoms with Crippen molar-refractivity contribution in [1.82, 2.24) is 0 Å². The minimum Gasteiger partial charge on any atom is -0.497 e. The Labute approximate surface area is 158 Å². The molecule has 3 rings (SSSR count). The van der Waals surface area contributed by atoms with Gasteiger partial charge in [-0.15, -0.1) is 0 Å². The van der Waals surface area contributed by atoms with Crippen LogP contribution in [0.3, 0.4) is 0 Å². The van der Waals surface area contributed by atoms with Gasteiger partial charge in [0.2, 0.25) is 0 Å². The van der Waals surface area contributed by atoms with Crippen LogP contribution in [0, 0.1) is 27.2 Å². The molecule has 10 heteroatoms. The van der Waals surface area contributed by atoms with E-state index in [-0.39, 0.29) is 11.4 Å². The minimum atomic E-state index is -0.707. The molecule has 144 valence electrons. The van der Waals surface area contributed by atoms with Crippen molar-refractivity contribution >= 4 is 33.7 Å². The molecule has 0 atom stereocenters. The molecule has 0 saturated carbocycles. The summed E-state index contributed by atoms with van der Waals surface area (Å²) in [4.78, 5) is 20.6. The van der Waals surface area contributed by atoms with Crippen LogP contribution in [0.15, 0.2) is 46.1 Å². The highest BCUT2D eigenvalue weighted by molar-refractivity contribution is 6.09. The fourth-order valence-corrected chi connectivity index (χ4v) is 2.76. The molecular weight excluding hydrogens is 368 g/mol. The van der Waals surface area contributed by atoms with Crippen LogP contribution in [0.1, 0.15) is 18.1 Å². The fourth-order valence-electron chi connectivity index (χ4n) is 2.76. The first kappa shape index (κ1) is 18.8. The van der Waals surface area contributed by atoms with Gasteiger partial charge in [0, 0.05) is 17.0 Å². The number of methoxy groups -OCH3 is 1. The van der Waals surface area contributed by atoms with Crippen molar-refractivity contribution in [3.63, 3.8) is 0 Å². The highest BCUT2D eigenvalue weighted by Crippen LogP contribution is 2.31. The molecule has 0 saturated heterocycles. The number of furan rings is 1. The Bertz CT molecular complexity index is 1120.